The Labute approximate surface area is 138 Å². The highest BCUT2D eigenvalue weighted by Crippen LogP contribution is 2.27. The van der Waals surface area contributed by atoms with Gasteiger partial charge in [0.15, 0.2) is 0 Å². The third-order valence-corrected chi connectivity index (χ3v) is 5.34. The summed E-state index contributed by atoms with van der Waals surface area (Å²) >= 11 is 1.31. The smallest absolute Gasteiger partial charge is 0.350 e. The second-order valence-corrected chi connectivity index (χ2v) is 7.64. The van der Waals surface area contributed by atoms with Crippen LogP contribution in [-0.2, 0) is 14.9 Å². The summed E-state index contributed by atoms with van der Waals surface area (Å²) in [5.41, 5.74) is 5.67. The number of thioether (sulfide) groups is 1. The molecular weight excluding hydrogens is 338 g/mol. The number of esters is 1. The average molecular weight is 355 g/mol. The summed E-state index contributed by atoms with van der Waals surface area (Å²) in [6.45, 7) is 0. The lowest BCUT2D eigenvalue weighted by molar-refractivity contribution is -0.137. The fourth-order valence-corrected chi connectivity index (χ4v) is 3.33. The monoisotopic (exact) mass is 355 g/mol. The Bertz CT molecular complexity index is 816. The van der Waals surface area contributed by atoms with Crippen LogP contribution in [0.4, 0.5) is 0 Å². The van der Waals surface area contributed by atoms with E-state index in [1.54, 1.807) is 30.5 Å². The highest BCUT2D eigenvalue weighted by atomic mass is 32.2. The Kier molecular flexibility index (Phi) is 5.30. The zero-order chi connectivity index (χ0) is 17.1. The van der Waals surface area contributed by atoms with E-state index in [0.717, 1.165) is 5.39 Å². The van der Waals surface area contributed by atoms with Gasteiger partial charge in [-0.3, -0.25) is 4.55 Å². The van der Waals surface area contributed by atoms with Crippen molar-refractivity contribution in [1.29, 1.82) is 0 Å². The fraction of sp³-hybridized carbons (Fsp3) is 0.267. The van der Waals surface area contributed by atoms with Gasteiger partial charge in [-0.05, 0) is 23.5 Å². The summed E-state index contributed by atoms with van der Waals surface area (Å²) in [4.78, 5) is 9.84. The first kappa shape index (κ1) is 17.7. The van der Waals surface area contributed by atoms with Crippen molar-refractivity contribution >= 4 is 38.6 Å². The van der Waals surface area contributed by atoms with Gasteiger partial charge in [0.25, 0.3) is 10.1 Å². The summed E-state index contributed by atoms with van der Waals surface area (Å²) < 4.78 is 37.7. The number of hydrogen-bond acceptors (Lipinski definition) is 6. The Morgan fingerprint density at radius 2 is 1.91 bits per heavy atom. The molecule has 0 aliphatic heterocycles. The fourth-order valence-electron chi connectivity index (χ4n) is 2.06. The average Bonchev–Trinajstić information content (AvgIpc) is 2.51. The van der Waals surface area contributed by atoms with Gasteiger partial charge in [-0.25, -0.2) is 4.79 Å². The van der Waals surface area contributed by atoms with E-state index in [9.17, 15) is 17.8 Å². The third kappa shape index (κ3) is 3.66. The van der Waals surface area contributed by atoms with Gasteiger partial charge in [0.1, 0.15) is 5.75 Å². The molecule has 8 heteroatoms. The van der Waals surface area contributed by atoms with E-state index in [1.165, 1.54) is 11.8 Å². The molecule has 0 bridgehead atoms. The van der Waals surface area contributed by atoms with Crippen LogP contribution in [0.2, 0.25) is 0 Å². The number of benzene rings is 2. The number of nitrogens with two attached hydrogens (primary N) is 1. The molecule has 0 aliphatic carbocycles. The van der Waals surface area contributed by atoms with E-state index in [4.69, 9.17) is 10.5 Å². The van der Waals surface area contributed by atoms with Gasteiger partial charge >= 0.3 is 5.97 Å². The largest absolute Gasteiger partial charge is 0.424 e. The Balaban J connectivity index is 2.38. The predicted octanol–water partition coefficient (Wildman–Crippen LogP) is 2.04. The van der Waals surface area contributed by atoms with Crippen LogP contribution in [-0.4, -0.2) is 35.8 Å². The van der Waals surface area contributed by atoms with Crippen LogP contribution in [0, 0.1) is 0 Å². The van der Waals surface area contributed by atoms with Gasteiger partial charge in [0.05, 0.1) is 0 Å². The highest BCUT2D eigenvalue weighted by Gasteiger charge is 2.48. The van der Waals surface area contributed by atoms with Crippen molar-refractivity contribution in [3.05, 3.63) is 42.5 Å². The molecule has 0 amide bonds. The molecule has 2 aromatic carbocycles. The maximum absolute atomic E-state index is 12.3. The minimum absolute atomic E-state index is 0.190. The van der Waals surface area contributed by atoms with Gasteiger partial charge in [0, 0.05) is 11.8 Å². The van der Waals surface area contributed by atoms with Crippen LogP contribution in [0.15, 0.2) is 42.5 Å². The predicted molar refractivity (Wildman–Crippen MR) is 91.0 cm³/mol. The first-order valence-corrected chi connectivity index (χ1v) is 9.58. The van der Waals surface area contributed by atoms with E-state index in [2.05, 4.69) is 0 Å². The van der Waals surface area contributed by atoms with Crippen LogP contribution in [0.1, 0.15) is 6.42 Å². The molecule has 0 aliphatic rings. The van der Waals surface area contributed by atoms with Crippen LogP contribution in [0.3, 0.4) is 0 Å². The number of carbonyl (C=O) groups excluding carboxylic acids is 1. The lowest BCUT2D eigenvalue weighted by Gasteiger charge is -2.23. The van der Waals surface area contributed by atoms with E-state index in [0.29, 0.717) is 5.39 Å². The molecular formula is C15H17NO5S2. The van der Waals surface area contributed by atoms with Crippen molar-refractivity contribution in [2.45, 2.75) is 11.3 Å². The van der Waals surface area contributed by atoms with Crippen molar-refractivity contribution < 1.29 is 22.5 Å². The van der Waals surface area contributed by atoms with Crippen molar-refractivity contribution in [1.82, 2.24) is 0 Å². The van der Waals surface area contributed by atoms with E-state index >= 15 is 0 Å². The highest BCUT2D eigenvalue weighted by molar-refractivity contribution is 7.98. The third-order valence-electron chi connectivity index (χ3n) is 3.44. The maximum Gasteiger partial charge on any atom is 0.350 e. The second-order valence-electron chi connectivity index (χ2n) is 4.97. The molecule has 0 fully saturated rings. The molecule has 0 aromatic heterocycles. The number of hydrogen-bond donors (Lipinski definition) is 2. The molecule has 23 heavy (non-hydrogen) atoms. The SMILES string of the molecule is CSCC[C@](N)(C(=O)Oc1cccc2ccccc12)S(=O)(=O)O. The topological polar surface area (TPSA) is 107 Å². The second kappa shape index (κ2) is 6.88. The van der Waals surface area contributed by atoms with Gasteiger partial charge in [0.2, 0.25) is 4.87 Å². The van der Waals surface area contributed by atoms with Gasteiger partial charge < -0.3 is 10.5 Å². The lowest BCUT2D eigenvalue weighted by atomic mass is 10.1. The van der Waals surface area contributed by atoms with Crippen LogP contribution >= 0.6 is 11.8 Å². The number of rotatable bonds is 6. The first-order valence-electron chi connectivity index (χ1n) is 6.74. The number of carbonyl (C=O) groups is 1. The molecule has 0 saturated carbocycles. The quantitative estimate of drug-likeness (QED) is 0.464. The van der Waals surface area contributed by atoms with E-state index in [1.807, 2.05) is 18.2 Å². The van der Waals surface area contributed by atoms with E-state index in [-0.39, 0.29) is 17.9 Å². The Hall–Kier alpha value is -1.61. The Morgan fingerprint density at radius 3 is 2.57 bits per heavy atom. The molecule has 1 atom stereocenters. The zero-order valence-electron chi connectivity index (χ0n) is 12.4. The molecule has 6 nitrogen and oxygen atoms in total. The van der Waals surface area contributed by atoms with Crippen LogP contribution in [0.5, 0.6) is 5.75 Å². The first-order chi connectivity index (χ1) is 10.8. The molecule has 0 saturated heterocycles. The van der Waals surface area contributed by atoms with Crippen molar-refractivity contribution in [3.8, 4) is 5.75 Å². The van der Waals surface area contributed by atoms with Crippen molar-refractivity contribution in [3.63, 3.8) is 0 Å². The molecule has 3 N–H and O–H groups in total. The number of ether oxygens (including phenoxy) is 1. The molecule has 0 radical (unpaired) electrons. The van der Waals surface area contributed by atoms with E-state index < -0.39 is 21.0 Å². The standard InChI is InChI=1S/C15H17NO5S2/c1-22-10-9-15(16,23(18,19)20)14(17)21-13-8-4-6-11-5-2-3-7-12(11)13/h2-8H,9-10,16H2,1H3,(H,18,19,20)/t15-/m1/s1. The van der Waals surface area contributed by atoms with Gasteiger partial charge in [-0.2, -0.15) is 20.2 Å². The molecule has 0 unspecified atom stereocenters. The van der Waals surface area contributed by atoms with Crippen LogP contribution in [0.25, 0.3) is 10.8 Å². The summed E-state index contributed by atoms with van der Waals surface area (Å²) in [6.07, 6.45) is 1.48. The minimum atomic E-state index is -4.82. The minimum Gasteiger partial charge on any atom is -0.424 e. The zero-order valence-corrected chi connectivity index (χ0v) is 14.1. The summed E-state index contributed by atoms with van der Waals surface area (Å²) in [5.74, 6) is -0.734. The number of fused-ring (bicyclic) bond motifs is 1. The molecule has 2 rings (SSSR count). The van der Waals surface area contributed by atoms with Crippen molar-refractivity contribution in [2.75, 3.05) is 12.0 Å². The Morgan fingerprint density at radius 1 is 1.26 bits per heavy atom. The van der Waals surface area contributed by atoms with Gasteiger partial charge in [-0.15, -0.1) is 0 Å². The summed E-state index contributed by atoms with van der Waals surface area (Å²) in [6, 6.07) is 12.2. The van der Waals surface area contributed by atoms with Crippen molar-refractivity contribution in [2.24, 2.45) is 5.73 Å². The van der Waals surface area contributed by atoms with Gasteiger partial charge in [-0.1, -0.05) is 36.4 Å². The normalized spacial score (nSPS) is 14.4. The van der Waals surface area contributed by atoms with Crippen LogP contribution < -0.4 is 10.5 Å². The molecule has 0 heterocycles. The molecule has 0 spiro atoms. The lowest BCUT2D eigenvalue weighted by Crippen LogP contribution is -2.56. The maximum atomic E-state index is 12.3. The summed E-state index contributed by atoms with van der Waals surface area (Å²) in [5, 5.41) is 1.47. The molecule has 2 aromatic rings. The molecule has 124 valence electrons. The summed E-state index contributed by atoms with van der Waals surface area (Å²) in [7, 11) is -4.82.